The van der Waals surface area contributed by atoms with Crippen molar-refractivity contribution in [2.75, 3.05) is 18.2 Å². The van der Waals surface area contributed by atoms with Crippen LogP contribution in [0.1, 0.15) is 30.1 Å². The lowest BCUT2D eigenvalue weighted by Crippen LogP contribution is -2.48. The van der Waals surface area contributed by atoms with Gasteiger partial charge in [-0.05, 0) is 31.9 Å². The first-order chi connectivity index (χ1) is 11.8. The SMILES string of the molecule is C[C@@H]1CC[C@H](OS(C)(=O)=O)CN1C(=O)c1ccccc1N/N=C\C=N. The molecule has 9 heteroatoms. The van der Waals surface area contributed by atoms with Gasteiger partial charge < -0.3 is 10.3 Å². The number of hydrogen-bond acceptors (Lipinski definition) is 7. The number of anilines is 1. The highest BCUT2D eigenvalue weighted by Crippen LogP contribution is 2.25. The molecule has 0 radical (unpaired) electrons. The summed E-state index contributed by atoms with van der Waals surface area (Å²) in [5.74, 6) is -0.220. The summed E-state index contributed by atoms with van der Waals surface area (Å²) in [5.41, 5.74) is 3.69. The van der Waals surface area contributed by atoms with Crippen LogP contribution in [0.4, 0.5) is 5.69 Å². The minimum atomic E-state index is -3.57. The highest BCUT2D eigenvalue weighted by molar-refractivity contribution is 7.86. The number of benzene rings is 1. The molecule has 0 spiro atoms. The van der Waals surface area contributed by atoms with Gasteiger partial charge in [0.2, 0.25) is 0 Å². The standard InChI is InChI=1S/C16H22N4O4S/c1-12-7-8-13(24-25(2,22)23)11-20(12)16(21)14-5-3-4-6-15(14)19-18-10-9-17/h3-6,9-10,12-13,17,19H,7-8,11H2,1-2H3/b17-9?,18-10-/t12-,13+/m1/s1. The van der Waals surface area contributed by atoms with E-state index in [4.69, 9.17) is 9.59 Å². The van der Waals surface area contributed by atoms with E-state index in [9.17, 15) is 13.2 Å². The minimum Gasteiger partial charge on any atom is -0.333 e. The molecule has 1 fully saturated rings. The van der Waals surface area contributed by atoms with E-state index in [1.807, 2.05) is 6.92 Å². The molecule has 2 atom stereocenters. The molecule has 1 aromatic carbocycles. The Kier molecular flexibility index (Phi) is 6.27. The van der Waals surface area contributed by atoms with Crippen molar-refractivity contribution in [1.29, 1.82) is 5.41 Å². The Labute approximate surface area is 147 Å². The quantitative estimate of drug-likeness (QED) is 0.452. The summed E-state index contributed by atoms with van der Waals surface area (Å²) in [6.45, 7) is 2.14. The van der Waals surface area contributed by atoms with Crippen molar-refractivity contribution in [3.63, 3.8) is 0 Å². The molecule has 1 aliphatic heterocycles. The second-order valence-electron chi connectivity index (χ2n) is 5.91. The summed E-state index contributed by atoms with van der Waals surface area (Å²) < 4.78 is 27.8. The van der Waals surface area contributed by atoms with Crippen LogP contribution < -0.4 is 5.43 Å². The lowest BCUT2D eigenvalue weighted by molar-refractivity contribution is 0.0402. The number of hydrazone groups is 1. The van der Waals surface area contributed by atoms with Crippen molar-refractivity contribution < 1.29 is 17.4 Å². The van der Waals surface area contributed by atoms with Crippen LogP contribution in [0.5, 0.6) is 0 Å². The van der Waals surface area contributed by atoms with Crippen LogP contribution in [0.25, 0.3) is 0 Å². The number of likely N-dealkylation sites (tertiary alicyclic amines) is 1. The highest BCUT2D eigenvalue weighted by atomic mass is 32.2. The number of hydrogen-bond donors (Lipinski definition) is 2. The van der Waals surface area contributed by atoms with Gasteiger partial charge >= 0.3 is 0 Å². The maximum Gasteiger partial charge on any atom is 0.264 e. The van der Waals surface area contributed by atoms with Crippen molar-refractivity contribution >= 4 is 34.1 Å². The third kappa shape index (κ3) is 5.36. The first kappa shape index (κ1) is 19.1. The number of carbonyl (C=O) groups excluding carboxylic acids is 1. The smallest absolute Gasteiger partial charge is 0.264 e. The molecule has 136 valence electrons. The maximum atomic E-state index is 13.0. The Morgan fingerprint density at radius 2 is 2.12 bits per heavy atom. The van der Waals surface area contributed by atoms with E-state index in [2.05, 4.69) is 10.5 Å². The van der Waals surface area contributed by atoms with E-state index in [0.717, 1.165) is 12.5 Å². The molecule has 1 heterocycles. The second-order valence-corrected chi connectivity index (χ2v) is 7.51. The maximum absolute atomic E-state index is 13.0. The fourth-order valence-electron chi connectivity index (χ4n) is 2.75. The molecule has 25 heavy (non-hydrogen) atoms. The molecule has 1 aromatic rings. The zero-order chi connectivity index (χ0) is 18.4. The topological polar surface area (TPSA) is 112 Å². The summed E-state index contributed by atoms with van der Waals surface area (Å²) in [6, 6.07) is 6.89. The molecule has 1 amide bonds. The van der Waals surface area contributed by atoms with E-state index < -0.39 is 16.2 Å². The van der Waals surface area contributed by atoms with Gasteiger partial charge in [-0.3, -0.25) is 14.4 Å². The molecule has 8 nitrogen and oxygen atoms in total. The van der Waals surface area contributed by atoms with Crippen LogP contribution >= 0.6 is 0 Å². The summed E-state index contributed by atoms with van der Waals surface area (Å²) in [5, 5.41) is 10.8. The summed E-state index contributed by atoms with van der Waals surface area (Å²) in [6.07, 6.45) is 4.01. The first-order valence-electron chi connectivity index (χ1n) is 7.88. The van der Waals surface area contributed by atoms with Gasteiger partial charge in [-0.1, -0.05) is 12.1 Å². The molecule has 0 bridgehead atoms. The van der Waals surface area contributed by atoms with Crippen molar-refractivity contribution in [2.45, 2.75) is 31.9 Å². The van der Waals surface area contributed by atoms with Crippen LogP contribution in [0.15, 0.2) is 29.4 Å². The Morgan fingerprint density at radius 3 is 2.80 bits per heavy atom. The zero-order valence-corrected chi connectivity index (χ0v) is 15.0. The fourth-order valence-corrected chi connectivity index (χ4v) is 3.40. The number of piperidine rings is 1. The Bertz CT molecular complexity index is 763. The molecule has 1 aliphatic rings. The van der Waals surface area contributed by atoms with E-state index >= 15 is 0 Å². The van der Waals surface area contributed by atoms with E-state index in [-0.39, 0.29) is 18.5 Å². The molecular formula is C16H22N4O4S. The number of rotatable bonds is 6. The van der Waals surface area contributed by atoms with E-state index in [0.29, 0.717) is 24.1 Å². The predicted molar refractivity (Wildman–Crippen MR) is 96.8 cm³/mol. The lowest BCUT2D eigenvalue weighted by Gasteiger charge is -2.37. The number of carbonyl (C=O) groups is 1. The molecule has 0 unspecified atom stereocenters. The largest absolute Gasteiger partial charge is 0.333 e. The number of nitrogens with zero attached hydrogens (tertiary/aromatic N) is 2. The predicted octanol–water partition coefficient (Wildman–Crippen LogP) is 1.70. The van der Waals surface area contributed by atoms with Crippen molar-refractivity contribution in [3.05, 3.63) is 29.8 Å². The molecule has 2 N–H and O–H groups in total. The average molecular weight is 366 g/mol. The van der Waals surface area contributed by atoms with Gasteiger partial charge in [0.1, 0.15) is 0 Å². The van der Waals surface area contributed by atoms with Crippen molar-refractivity contribution in [1.82, 2.24) is 4.90 Å². The molecule has 2 rings (SSSR count). The average Bonchev–Trinajstić information content (AvgIpc) is 2.55. The van der Waals surface area contributed by atoms with Gasteiger partial charge in [0.05, 0.1) is 29.8 Å². The van der Waals surface area contributed by atoms with Gasteiger partial charge in [-0.15, -0.1) is 0 Å². The molecular weight excluding hydrogens is 344 g/mol. The normalized spacial score (nSPS) is 21.3. The van der Waals surface area contributed by atoms with Gasteiger partial charge in [-0.2, -0.15) is 13.5 Å². The van der Waals surface area contributed by atoms with Crippen LogP contribution in [0.3, 0.4) is 0 Å². The molecule has 0 saturated carbocycles. The van der Waals surface area contributed by atoms with Crippen LogP contribution in [-0.2, 0) is 14.3 Å². The van der Waals surface area contributed by atoms with Gasteiger partial charge in [-0.25, -0.2) is 0 Å². The van der Waals surface area contributed by atoms with Crippen LogP contribution in [0.2, 0.25) is 0 Å². The first-order valence-corrected chi connectivity index (χ1v) is 9.70. The van der Waals surface area contributed by atoms with Gasteiger partial charge in [0.25, 0.3) is 16.0 Å². The van der Waals surface area contributed by atoms with E-state index in [1.54, 1.807) is 29.2 Å². The minimum absolute atomic E-state index is 0.0231. The lowest BCUT2D eigenvalue weighted by atomic mass is 10.00. The van der Waals surface area contributed by atoms with Gasteiger partial charge in [0.15, 0.2) is 0 Å². The Morgan fingerprint density at radius 1 is 1.40 bits per heavy atom. The fraction of sp³-hybridized carbons (Fsp3) is 0.438. The van der Waals surface area contributed by atoms with Crippen LogP contribution in [-0.4, -0.2) is 56.6 Å². The molecule has 0 aromatic heterocycles. The summed E-state index contributed by atoms with van der Waals surface area (Å²) in [4.78, 5) is 14.6. The van der Waals surface area contributed by atoms with Crippen molar-refractivity contribution in [3.8, 4) is 0 Å². The Hall–Kier alpha value is -2.26. The highest BCUT2D eigenvalue weighted by Gasteiger charge is 2.32. The summed E-state index contributed by atoms with van der Waals surface area (Å²) >= 11 is 0. The second kappa shape index (κ2) is 8.21. The summed E-state index contributed by atoms with van der Waals surface area (Å²) in [7, 11) is -3.57. The number of para-hydroxylation sites is 1. The monoisotopic (exact) mass is 366 g/mol. The molecule has 1 saturated heterocycles. The number of nitrogens with one attached hydrogen (secondary N) is 2. The third-order valence-electron chi connectivity index (χ3n) is 3.90. The molecule has 0 aliphatic carbocycles. The number of amides is 1. The van der Waals surface area contributed by atoms with Gasteiger partial charge in [0, 0.05) is 18.8 Å². The van der Waals surface area contributed by atoms with Crippen molar-refractivity contribution in [2.24, 2.45) is 5.10 Å². The zero-order valence-electron chi connectivity index (χ0n) is 14.2. The van der Waals surface area contributed by atoms with E-state index in [1.165, 1.54) is 6.21 Å². The van der Waals surface area contributed by atoms with Crippen LogP contribution in [0, 0.1) is 5.41 Å². The Balaban J connectivity index is 2.20. The third-order valence-corrected chi connectivity index (χ3v) is 4.52.